The topological polar surface area (TPSA) is 85.1 Å². The molecule has 1 aliphatic rings. The molecule has 4 rings (SSSR count). The van der Waals surface area contributed by atoms with Crippen molar-refractivity contribution >= 4 is 23.0 Å². The molecule has 1 aliphatic carbocycles. The standard InChI is InChI=1S/C28H36N4O3/c1-28(2,3)24(25(33)29-18-20-12-6-4-7-13-20)30-26(34)32-23-17-11-10-16-22(23)31(27(32)35)19-21-14-8-5-9-15-21/h4,6-7,10-13,16-17,21,24H,5,8-9,14-15,18-19H2,1-3H3,(H,29,33)(H,30,34)/t24-/m1/s1. The third-order valence-corrected chi connectivity index (χ3v) is 6.91. The van der Waals surface area contributed by atoms with E-state index in [2.05, 4.69) is 10.6 Å². The number of hydrogen-bond acceptors (Lipinski definition) is 3. The molecular formula is C28H36N4O3. The summed E-state index contributed by atoms with van der Waals surface area (Å²) in [6.45, 7) is 6.67. The smallest absolute Gasteiger partial charge is 0.337 e. The Bertz CT molecular complexity index is 1230. The fraction of sp³-hybridized carbons (Fsp3) is 0.464. The molecule has 0 spiro atoms. The van der Waals surface area contributed by atoms with Gasteiger partial charge in [-0.25, -0.2) is 14.2 Å². The van der Waals surface area contributed by atoms with E-state index in [1.165, 1.54) is 23.8 Å². The van der Waals surface area contributed by atoms with Crippen LogP contribution in [0.25, 0.3) is 11.0 Å². The van der Waals surface area contributed by atoms with Crippen molar-refractivity contribution < 1.29 is 9.59 Å². The fourth-order valence-corrected chi connectivity index (χ4v) is 4.96. The van der Waals surface area contributed by atoms with Gasteiger partial charge in [0.15, 0.2) is 0 Å². The van der Waals surface area contributed by atoms with E-state index < -0.39 is 17.5 Å². The van der Waals surface area contributed by atoms with Gasteiger partial charge in [-0.15, -0.1) is 0 Å². The molecule has 2 aromatic carbocycles. The number of nitrogens with one attached hydrogen (secondary N) is 2. The minimum Gasteiger partial charge on any atom is -0.350 e. The predicted octanol–water partition coefficient (Wildman–Crippen LogP) is 4.67. The number of amides is 2. The third-order valence-electron chi connectivity index (χ3n) is 6.91. The van der Waals surface area contributed by atoms with Crippen molar-refractivity contribution in [3.05, 3.63) is 70.6 Å². The van der Waals surface area contributed by atoms with Gasteiger partial charge in [-0.1, -0.05) is 82.5 Å². The highest BCUT2D eigenvalue weighted by Crippen LogP contribution is 2.26. The number of fused-ring (bicyclic) bond motifs is 1. The number of nitrogens with zero attached hydrogens (tertiary/aromatic N) is 2. The second-order valence-corrected chi connectivity index (χ2v) is 10.7. The molecule has 186 valence electrons. The van der Waals surface area contributed by atoms with Crippen molar-refractivity contribution in [1.29, 1.82) is 0 Å². The molecule has 7 heteroatoms. The molecule has 3 aromatic rings. The number of carbonyl (C=O) groups is 2. The molecule has 1 aromatic heterocycles. The summed E-state index contributed by atoms with van der Waals surface area (Å²) in [6.07, 6.45) is 5.82. The number of imidazole rings is 1. The highest BCUT2D eigenvalue weighted by molar-refractivity contribution is 5.93. The van der Waals surface area contributed by atoms with Gasteiger partial charge in [0.25, 0.3) is 0 Å². The maximum atomic E-state index is 13.5. The van der Waals surface area contributed by atoms with Crippen LogP contribution in [0.15, 0.2) is 59.4 Å². The average molecular weight is 477 g/mol. The van der Waals surface area contributed by atoms with Crippen LogP contribution in [0.3, 0.4) is 0 Å². The number of para-hydroxylation sites is 2. The molecule has 0 unspecified atom stereocenters. The van der Waals surface area contributed by atoms with Crippen LogP contribution in [-0.2, 0) is 17.9 Å². The Morgan fingerprint density at radius 1 is 0.943 bits per heavy atom. The van der Waals surface area contributed by atoms with Crippen molar-refractivity contribution in [2.75, 3.05) is 0 Å². The number of rotatable bonds is 6. The van der Waals surface area contributed by atoms with Crippen LogP contribution in [0.1, 0.15) is 58.4 Å². The van der Waals surface area contributed by atoms with E-state index in [0.717, 1.165) is 23.9 Å². The Kier molecular flexibility index (Phi) is 7.43. The summed E-state index contributed by atoms with van der Waals surface area (Å²) >= 11 is 0. The van der Waals surface area contributed by atoms with E-state index in [1.54, 1.807) is 10.6 Å². The molecule has 1 heterocycles. The molecule has 0 saturated heterocycles. The Labute approximate surface area is 206 Å². The van der Waals surface area contributed by atoms with Crippen molar-refractivity contribution in [3.8, 4) is 0 Å². The summed E-state index contributed by atoms with van der Waals surface area (Å²) < 4.78 is 2.91. The molecule has 0 aliphatic heterocycles. The fourth-order valence-electron chi connectivity index (χ4n) is 4.96. The third kappa shape index (κ3) is 5.66. The first-order valence-electron chi connectivity index (χ1n) is 12.6. The first-order chi connectivity index (χ1) is 16.8. The highest BCUT2D eigenvalue weighted by atomic mass is 16.2. The van der Waals surface area contributed by atoms with Gasteiger partial charge in [0.2, 0.25) is 5.91 Å². The number of aromatic nitrogens is 2. The zero-order valence-electron chi connectivity index (χ0n) is 20.9. The Balaban J connectivity index is 1.58. The van der Waals surface area contributed by atoms with Crippen LogP contribution >= 0.6 is 0 Å². The zero-order chi connectivity index (χ0) is 25.0. The van der Waals surface area contributed by atoms with Gasteiger partial charge in [0.1, 0.15) is 6.04 Å². The second kappa shape index (κ2) is 10.5. The summed E-state index contributed by atoms with van der Waals surface area (Å²) in [5.74, 6) is 0.156. The Morgan fingerprint density at radius 3 is 2.23 bits per heavy atom. The largest absolute Gasteiger partial charge is 0.350 e. The normalized spacial score (nSPS) is 15.6. The Hall–Kier alpha value is -3.35. The molecule has 35 heavy (non-hydrogen) atoms. The second-order valence-electron chi connectivity index (χ2n) is 10.7. The van der Waals surface area contributed by atoms with Gasteiger partial charge >= 0.3 is 11.7 Å². The molecule has 1 fully saturated rings. The SMILES string of the molecule is CC(C)(C)[C@H](NC(=O)n1c(=O)n(CC2CCCCC2)c2ccccc21)C(=O)NCc1ccccc1. The molecule has 2 amide bonds. The van der Waals surface area contributed by atoms with E-state index in [0.29, 0.717) is 24.5 Å². The molecule has 0 radical (unpaired) electrons. The molecule has 7 nitrogen and oxygen atoms in total. The number of hydrogen-bond donors (Lipinski definition) is 2. The first kappa shape index (κ1) is 24.8. The monoisotopic (exact) mass is 476 g/mol. The van der Waals surface area contributed by atoms with Gasteiger partial charge in [0, 0.05) is 13.1 Å². The van der Waals surface area contributed by atoms with Crippen molar-refractivity contribution in [3.63, 3.8) is 0 Å². The first-order valence-corrected chi connectivity index (χ1v) is 12.6. The minimum atomic E-state index is -0.814. The maximum Gasteiger partial charge on any atom is 0.337 e. The van der Waals surface area contributed by atoms with Crippen molar-refractivity contribution in [2.45, 2.75) is 72.0 Å². The zero-order valence-corrected chi connectivity index (χ0v) is 20.9. The van der Waals surface area contributed by atoms with Gasteiger partial charge in [-0.2, -0.15) is 0 Å². The van der Waals surface area contributed by atoms with Crippen LogP contribution in [0, 0.1) is 11.3 Å². The lowest BCUT2D eigenvalue weighted by atomic mass is 9.86. The lowest BCUT2D eigenvalue weighted by Gasteiger charge is -2.30. The summed E-state index contributed by atoms with van der Waals surface area (Å²) in [7, 11) is 0. The van der Waals surface area contributed by atoms with E-state index in [-0.39, 0.29) is 11.6 Å². The maximum absolute atomic E-state index is 13.5. The van der Waals surface area contributed by atoms with Crippen LogP contribution in [-0.4, -0.2) is 27.1 Å². The van der Waals surface area contributed by atoms with Crippen LogP contribution < -0.4 is 16.3 Å². The molecule has 2 N–H and O–H groups in total. The van der Waals surface area contributed by atoms with Crippen LogP contribution in [0.2, 0.25) is 0 Å². The quantitative estimate of drug-likeness (QED) is 0.542. The molecular weight excluding hydrogens is 440 g/mol. The van der Waals surface area contributed by atoms with Gasteiger partial charge < -0.3 is 10.6 Å². The van der Waals surface area contributed by atoms with E-state index in [9.17, 15) is 14.4 Å². The number of benzene rings is 2. The predicted molar refractivity (Wildman–Crippen MR) is 138 cm³/mol. The molecule has 1 atom stereocenters. The van der Waals surface area contributed by atoms with Gasteiger partial charge in [0.05, 0.1) is 11.0 Å². The minimum absolute atomic E-state index is 0.284. The average Bonchev–Trinajstić information content (AvgIpc) is 3.12. The molecule has 0 bridgehead atoms. The van der Waals surface area contributed by atoms with Gasteiger partial charge in [-0.3, -0.25) is 9.36 Å². The van der Waals surface area contributed by atoms with Crippen molar-refractivity contribution in [1.82, 2.24) is 19.8 Å². The van der Waals surface area contributed by atoms with E-state index in [1.807, 2.05) is 69.3 Å². The van der Waals surface area contributed by atoms with Gasteiger partial charge in [-0.05, 0) is 41.9 Å². The van der Waals surface area contributed by atoms with Crippen LogP contribution in [0.4, 0.5) is 4.79 Å². The summed E-state index contributed by atoms with van der Waals surface area (Å²) in [6, 6.07) is 15.6. The van der Waals surface area contributed by atoms with Crippen molar-refractivity contribution in [2.24, 2.45) is 11.3 Å². The van der Waals surface area contributed by atoms with E-state index in [4.69, 9.17) is 0 Å². The lowest BCUT2D eigenvalue weighted by molar-refractivity contribution is -0.125. The number of carbonyl (C=O) groups excluding carboxylic acids is 2. The van der Waals surface area contributed by atoms with Crippen LogP contribution in [0.5, 0.6) is 0 Å². The Morgan fingerprint density at radius 2 is 1.57 bits per heavy atom. The molecule has 1 saturated carbocycles. The summed E-state index contributed by atoms with van der Waals surface area (Å²) in [5, 5.41) is 5.79. The van der Waals surface area contributed by atoms with E-state index >= 15 is 0 Å². The summed E-state index contributed by atoms with van der Waals surface area (Å²) in [4.78, 5) is 40.1. The summed E-state index contributed by atoms with van der Waals surface area (Å²) in [5.41, 5.74) is 1.37. The highest BCUT2D eigenvalue weighted by Gasteiger charge is 2.34. The lowest BCUT2D eigenvalue weighted by Crippen LogP contribution is -2.55.